The van der Waals surface area contributed by atoms with Gasteiger partial charge in [0.25, 0.3) is 5.91 Å². The average molecular weight is 315 g/mol. The Hall–Kier alpha value is -1.88. The molecule has 4 unspecified atom stereocenters. The molecule has 4 atom stereocenters. The number of fused-ring (bicyclic) bond motifs is 2. The number of benzene rings is 1. The molecule has 4 N–H and O–H groups in total. The summed E-state index contributed by atoms with van der Waals surface area (Å²) in [7, 11) is 0. The van der Waals surface area contributed by atoms with E-state index in [1.807, 2.05) is 6.92 Å². The quantitative estimate of drug-likeness (QED) is 0.778. The van der Waals surface area contributed by atoms with Crippen molar-refractivity contribution in [2.45, 2.75) is 38.6 Å². The minimum absolute atomic E-state index is 0.00663. The zero-order valence-electron chi connectivity index (χ0n) is 13.5. The van der Waals surface area contributed by atoms with Crippen molar-refractivity contribution in [3.63, 3.8) is 0 Å². The van der Waals surface area contributed by atoms with Crippen LogP contribution in [0.3, 0.4) is 0 Å². The van der Waals surface area contributed by atoms with Crippen LogP contribution in [-0.2, 0) is 4.79 Å². The highest BCUT2D eigenvalue weighted by Crippen LogP contribution is 2.47. The fourth-order valence-electron chi connectivity index (χ4n) is 4.00. The minimum Gasteiger partial charge on any atom is -0.352 e. The topological polar surface area (TPSA) is 84.2 Å². The SMILES string of the molecule is CCCNC(=O)c1ccc(NC(=O)C2C3CCC(C3)C2N)cc1. The Morgan fingerprint density at radius 2 is 1.87 bits per heavy atom. The summed E-state index contributed by atoms with van der Waals surface area (Å²) in [4.78, 5) is 24.4. The van der Waals surface area contributed by atoms with Crippen LogP contribution in [0.4, 0.5) is 5.69 Å². The van der Waals surface area contributed by atoms with Gasteiger partial charge in [-0.15, -0.1) is 0 Å². The number of rotatable bonds is 5. The summed E-state index contributed by atoms with van der Waals surface area (Å²) < 4.78 is 0. The second-order valence-corrected chi connectivity index (χ2v) is 6.76. The molecule has 124 valence electrons. The Balaban J connectivity index is 1.60. The van der Waals surface area contributed by atoms with Crippen molar-refractivity contribution in [2.75, 3.05) is 11.9 Å². The molecule has 23 heavy (non-hydrogen) atoms. The highest BCUT2D eigenvalue weighted by atomic mass is 16.2. The number of anilines is 1. The highest BCUT2D eigenvalue weighted by molar-refractivity contribution is 5.96. The number of hydrogen-bond acceptors (Lipinski definition) is 3. The van der Waals surface area contributed by atoms with Crippen molar-refractivity contribution in [3.05, 3.63) is 29.8 Å². The van der Waals surface area contributed by atoms with E-state index in [0.29, 0.717) is 23.9 Å². The van der Waals surface area contributed by atoms with Crippen molar-refractivity contribution >= 4 is 17.5 Å². The maximum atomic E-state index is 12.5. The van der Waals surface area contributed by atoms with Gasteiger partial charge in [-0.05, 0) is 61.8 Å². The Bertz CT molecular complexity index is 582. The molecule has 1 aromatic rings. The van der Waals surface area contributed by atoms with Crippen LogP contribution in [-0.4, -0.2) is 24.4 Å². The third-order valence-corrected chi connectivity index (χ3v) is 5.23. The summed E-state index contributed by atoms with van der Waals surface area (Å²) >= 11 is 0. The van der Waals surface area contributed by atoms with Gasteiger partial charge in [-0.1, -0.05) is 6.92 Å². The molecular weight excluding hydrogens is 290 g/mol. The second kappa shape index (κ2) is 6.71. The molecule has 0 saturated heterocycles. The first kappa shape index (κ1) is 16.0. The van der Waals surface area contributed by atoms with E-state index in [1.165, 1.54) is 0 Å². The summed E-state index contributed by atoms with van der Waals surface area (Å²) in [6, 6.07) is 7.02. The number of nitrogens with one attached hydrogen (secondary N) is 2. The molecule has 2 bridgehead atoms. The van der Waals surface area contributed by atoms with Crippen LogP contribution < -0.4 is 16.4 Å². The lowest BCUT2D eigenvalue weighted by Crippen LogP contribution is -2.42. The minimum atomic E-state index is -0.0835. The van der Waals surface area contributed by atoms with E-state index >= 15 is 0 Å². The van der Waals surface area contributed by atoms with Crippen LogP contribution >= 0.6 is 0 Å². The van der Waals surface area contributed by atoms with Crippen LogP contribution in [0, 0.1) is 17.8 Å². The van der Waals surface area contributed by atoms with Crippen molar-refractivity contribution in [1.82, 2.24) is 5.32 Å². The number of carbonyl (C=O) groups is 2. The molecule has 2 aliphatic rings. The van der Waals surface area contributed by atoms with Gasteiger partial charge in [-0.25, -0.2) is 0 Å². The van der Waals surface area contributed by atoms with Gasteiger partial charge >= 0.3 is 0 Å². The van der Waals surface area contributed by atoms with E-state index in [9.17, 15) is 9.59 Å². The fourth-order valence-corrected chi connectivity index (χ4v) is 4.00. The molecule has 2 saturated carbocycles. The average Bonchev–Trinajstić information content (AvgIpc) is 3.14. The largest absolute Gasteiger partial charge is 0.352 e. The molecule has 3 rings (SSSR count). The normalized spacial score (nSPS) is 28.6. The first-order valence-electron chi connectivity index (χ1n) is 8.55. The molecule has 0 aliphatic heterocycles. The van der Waals surface area contributed by atoms with Gasteiger partial charge in [0, 0.05) is 23.8 Å². The summed E-state index contributed by atoms with van der Waals surface area (Å²) in [5.41, 5.74) is 7.54. The molecule has 0 spiro atoms. The summed E-state index contributed by atoms with van der Waals surface area (Å²) in [5.74, 6) is 0.823. The lowest BCUT2D eigenvalue weighted by molar-refractivity contribution is -0.121. The summed E-state index contributed by atoms with van der Waals surface area (Å²) in [6.07, 6.45) is 4.28. The van der Waals surface area contributed by atoms with Crippen molar-refractivity contribution in [3.8, 4) is 0 Å². The standard InChI is InChI=1S/C18H25N3O2/c1-2-9-20-17(22)11-5-7-14(8-6-11)21-18(23)15-12-3-4-13(10-12)16(15)19/h5-8,12-13,15-16H,2-4,9-10,19H2,1H3,(H,20,22)(H,21,23). The molecule has 5 heteroatoms. The maximum absolute atomic E-state index is 12.5. The molecule has 2 amide bonds. The van der Waals surface area contributed by atoms with E-state index in [4.69, 9.17) is 5.73 Å². The highest BCUT2D eigenvalue weighted by Gasteiger charge is 2.49. The number of hydrogen-bond donors (Lipinski definition) is 3. The molecule has 1 aromatic carbocycles. The maximum Gasteiger partial charge on any atom is 0.251 e. The number of carbonyl (C=O) groups excluding carboxylic acids is 2. The Kier molecular flexibility index (Phi) is 4.66. The van der Waals surface area contributed by atoms with Gasteiger partial charge < -0.3 is 16.4 Å². The van der Waals surface area contributed by atoms with Crippen molar-refractivity contribution in [2.24, 2.45) is 23.5 Å². The van der Waals surface area contributed by atoms with Crippen LogP contribution in [0.2, 0.25) is 0 Å². The summed E-state index contributed by atoms with van der Waals surface area (Å²) in [6.45, 7) is 2.68. The first-order valence-corrected chi connectivity index (χ1v) is 8.55. The van der Waals surface area contributed by atoms with E-state index in [0.717, 1.165) is 31.4 Å². The van der Waals surface area contributed by atoms with E-state index in [1.54, 1.807) is 24.3 Å². The van der Waals surface area contributed by atoms with Gasteiger partial charge in [0.15, 0.2) is 0 Å². The van der Waals surface area contributed by atoms with Gasteiger partial charge in [-0.2, -0.15) is 0 Å². The van der Waals surface area contributed by atoms with Gasteiger partial charge in [0.05, 0.1) is 5.92 Å². The Morgan fingerprint density at radius 3 is 2.48 bits per heavy atom. The van der Waals surface area contributed by atoms with Crippen LogP contribution in [0.5, 0.6) is 0 Å². The Labute approximate surface area is 137 Å². The lowest BCUT2D eigenvalue weighted by Gasteiger charge is -2.27. The van der Waals surface area contributed by atoms with Crippen LogP contribution in [0.1, 0.15) is 43.0 Å². The Morgan fingerprint density at radius 1 is 1.17 bits per heavy atom. The van der Waals surface area contributed by atoms with Gasteiger partial charge in [0.1, 0.15) is 0 Å². The zero-order valence-corrected chi connectivity index (χ0v) is 13.5. The van der Waals surface area contributed by atoms with Gasteiger partial charge in [-0.3, -0.25) is 9.59 Å². The van der Waals surface area contributed by atoms with Crippen molar-refractivity contribution < 1.29 is 9.59 Å². The van der Waals surface area contributed by atoms with E-state index in [2.05, 4.69) is 10.6 Å². The molecule has 0 radical (unpaired) electrons. The number of amides is 2. The molecule has 0 heterocycles. The van der Waals surface area contributed by atoms with E-state index in [-0.39, 0.29) is 23.8 Å². The predicted molar refractivity (Wildman–Crippen MR) is 90.0 cm³/mol. The molecular formula is C18H25N3O2. The molecule has 2 fully saturated rings. The molecule has 0 aromatic heterocycles. The summed E-state index contributed by atoms with van der Waals surface area (Å²) in [5, 5.41) is 5.79. The first-order chi connectivity index (χ1) is 11.1. The molecule has 5 nitrogen and oxygen atoms in total. The number of nitrogens with two attached hydrogens (primary N) is 1. The van der Waals surface area contributed by atoms with E-state index < -0.39 is 0 Å². The van der Waals surface area contributed by atoms with Gasteiger partial charge in [0.2, 0.25) is 5.91 Å². The van der Waals surface area contributed by atoms with Crippen LogP contribution in [0.25, 0.3) is 0 Å². The zero-order chi connectivity index (χ0) is 16.4. The molecule has 2 aliphatic carbocycles. The monoisotopic (exact) mass is 315 g/mol. The smallest absolute Gasteiger partial charge is 0.251 e. The third kappa shape index (κ3) is 3.24. The van der Waals surface area contributed by atoms with Crippen molar-refractivity contribution in [1.29, 1.82) is 0 Å². The fraction of sp³-hybridized carbons (Fsp3) is 0.556. The van der Waals surface area contributed by atoms with Crippen LogP contribution in [0.15, 0.2) is 24.3 Å². The second-order valence-electron chi connectivity index (χ2n) is 6.76. The lowest BCUT2D eigenvalue weighted by atomic mass is 9.84. The predicted octanol–water partition coefficient (Wildman–Crippen LogP) is 2.14. The third-order valence-electron chi connectivity index (χ3n) is 5.23.